The normalized spacial score (nSPS) is 11.7. The molecule has 0 amide bonds. The summed E-state index contributed by atoms with van der Waals surface area (Å²) in [7, 11) is 2.81. The van der Waals surface area contributed by atoms with Crippen molar-refractivity contribution >= 4 is 11.9 Å². The number of carbonyl (C=O) groups is 2. The van der Waals surface area contributed by atoms with E-state index in [2.05, 4.69) is 24.3 Å². The van der Waals surface area contributed by atoms with Crippen molar-refractivity contribution in [2.45, 2.75) is 44.9 Å². The zero-order valence-corrected chi connectivity index (χ0v) is 23.6. The molecule has 0 aliphatic carbocycles. The van der Waals surface area contributed by atoms with Crippen LogP contribution in [0, 0.1) is 5.92 Å². The van der Waals surface area contributed by atoms with E-state index >= 15 is 0 Å². The summed E-state index contributed by atoms with van der Waals surface area (Å²) in [6.07, 6.45) is 10.1. The summed E-state index contributed by atoms with van der Waals surface area (Å²) >= 11 is 0. The van der Waals surface area contributed by atoms with Gasteiger partial charge in [0.15, 0.2) is 0 Å². The van der Waals surface area contributed by atoms with Crippen LogP contribution in [0.15, 0.2) is 91.0 Å². The fraction of sp³-hybridized carbons (Fsp3) is 0.353. The Balaban J connectivity index is 1.51. The van der Waals surface area contributed by atoms with Crippen molar-refractivity contribution in [3.05, 3.63) is 108 Å². The van der Waals surface area contributed by atoms with E-state index in [9.17, 15) is 9.59 Å². The highest BCUT2D eigenvalue weighted by Gasteiger charge is 2.10. The minimum Gasteiger partial charge on any atom is -0.493 e. The van der Waals surface area contributed by atoms with Gasteiger partial charge in [-0.05, 0) is 79.1 Å². The number of unbranched alkanes of at least 4 members (excludes halogenated alkanes) is 1. The highest BCUT2D eigenvalue weighted by molar-refractivity contribution is 5.89. The first-order chi connectivity index (χ1) is 19.6. The average molecular weight is 545 g/mol. The van der Waals surface area contributed by atoms with Crippen molar-refractivity contribution in [3.63, 3.8) is 0 Å². The van der Waals surface area contributed by atoms with Crippen molar-refractivity contribution in [2.75, 3.05) is 27.4 Å². The number of para-hydroxylation sites is 1. The molecule has 0 heterocycles. The van der Waals surface area contributed by atoms with Crippen molar-refractivity contribution in [3.8, 4) is 11.5 Å². The number of carbonyl (C=O) groups excluding carboxylic acids is 2. The van der Waals surface area contributed by atoms with Gasteiger partial charge in [0.2, 0.25) is 0 Å². The summed E-state index contributed by atoms with van der Waals surface area (Å²) in [6, 6.07) is 25.5. The Kier molecular flexibility index (Phi) is 13.3. The van der Waals surface area contributed by atoms with Gasteiger partial charge in [0.05, 0.1) is 33.0 Å². The lowest BCUT2D eigenvalue weighted by Gasteiger charge is -2.14. The maximum Gasteiger partial charge on any atom is 0.337 e. The maximum atomic E-state index is 11.8. The van der Waals surface area contributed by atoms with Crippen LogP contribution in [0.1, 0.15) is 53.6 Å². The molecular formula is C34H40O6. The SMILES string of the molecule is COC(=O)CCCCC(/C=C\Cc1cccc(OCCCOc2ccccc2)c1)Cc1ccc(C(=O)OC)cc1. The number of methoxy groups -OCH3 is 2. The second-order valence-electron chi connectivity index (χ2n) is 9.62. The Labute approximate surface area is 237 Å². The number of hydrogen-bond acceptors (Lipinski definition) is 6. The van der Waals surface area contributed by atoms with Crippen LogP contribution in [-0.4, -0.2) is 39.4 Å². The van der Waals surface area contributed by atoms with Gasteiger partial charge in [-0.25, -0.2) is 4.79 Å². The summed E-state index contributed by atoms with van der Waals surface area (Å²) in [5.41, 5.74) is 2.88. The molecule has 3 rings (SSSR count). The number of benzene rings is 3. The van der Waals surface area contributed by atoms with Gasteiger partial charge in [0, 0.05) is 12.8 Å². The third-order valence-corrected chi connectivity index (χ3v) is 6.54. The molecule has 3 aromatic rings. The Morgan fingerprint density at radius 2 is 1.48 bits per heavy atom. The topological polar surface area (TPSA) is 71.1 Å². The monoisotopic (exact) mass is 544 g/mol. The molecule has 0 radical (unpaired) electrons. The minimum absolute atomic E-state index is 0.170. The van der Waals surface area contributed by atoms with Crippen molar-refractivity contribution in [1.29, 1.82) is 0 Å². The summed E-state index contributed by atoms with van der Waals surface area (Å²) < 4.78 is 21.2. The molecule has 0 aromatic heterocycles. The summed E-state index contributed by atoms with van der Waals surface area (Å²) in [5, 5.41) is 0. The van der Waals surface area contributed by atoms with E-state index in [0.717, 1.165) is 55.6 Å². The van der Waals surface area contributed by atoms with Gasteiger partial charge in [0.1, 0.15) is 11.5 Å². The molecule has 0 aliphatic heterocycles. The van der Waals surface area contributed by atoms with Gasteiger partial charge in [-0.15, -0.1) is 0 Å². The molecule has 0 saturated heterocycles. The summed E-state index contributed by atoms with van der Waals surface area (Å²) in [4.78, 5) is 23.2. The largest absolute Gasteiger partial charge is 0.493 e. The molecule has 0 saturated carbocycles. The minimum atomic E-state index is -0.336. The second-order valence-corrected chi connectivity index (χ2v) is 9.62. The Morgan fingerprint density at radius 3 is 2.20 bits per heavy atom. The highest BCUT2D eigenvalue weighted by atomic mass is 16.5. The highest BCUT2D eigenvalue weighted by Crippen LogP contribution is 2.20. The average Bonchev–Trinajstić information content (AvgIpc) is 2.99. The predicted octanol–water partition coefficient (Wildman–Crippen LogP) is 7.01. The van der Waals surface area contributed by atoms with Crippen molar-refractivity contribution in [2.24, 2.45) is 5.92 Å². The lowest BCUT2D eigenvalue weighted by atomic mass is 9.92. The van der Waals surface area contributed by atoms with Crippen molar-refractivity contribution < 1.29 is 28.5 Å². The third kappa shape index (κ3) is 11.4. The molecule has 0 aliphatic rings. The quantitative estimate of drug-likeness (QED) is 0.103. The van der Waals surface area contributed by atoms with E-state index in [-0.39, 0.29) is 11.9 Å². The molecule has 6 nitrogen and oxygen atoms in total. The molecule has 3 aromatic carbocycles. The van der Waals surface area contributed by atoms with Crippen LogP contribution in [0.4, 0.5) is 0 Å². The first kappa shape index (κ1) is 30.5. The van der Waals surface area contributed by atoms with E-state index in [1.807, 2.05) is 54.6 Å². The van der Waals surface area contributed by atoms with Gasteiger partial charge in [-0.1, -0.05) is 61.0 Å². The zero-order chi connectivity index (χ0) is 28.4. The fourth-order valence-corrected chi connectivity index (χ4v) is 4.36. The molecule has 0 spiro atoms. The zero-order valence-electron chi connectivity index (χ0n) is 23.6. The Hall–Kier alpha value is -4.06. The number of hydrogen-bond donors (Lipinski definition) is 0. The molecule has 1 atom stereocenters. The van der Waals surface area contributed by atoms with Crippen LogP contribution in [0.3, 0.4) is 0 Å². The molecule has 0 bridgehead atoms. The molecule has 40 heavy (non-hydrogen) atoms. The van der Waals surface area contributed by atoms with Crippen LogP contribution in [-0.2, 0) is 27.1 Å². The number of ether oxygens (including phenoxy) is 4. The standard InChI is InChI=1S/C34H40O6/c1-37-33(35)18-7-6-11-27(25-29-19-21-30(22-20-29)34(36)38-2)12-8-13-28-14-9-17-32(26-28)40-24-10-23-39-31-15-4-3-5-16-31/h3-5,8-9,12,14-17,19-22,26-27H,6-7,10-11,13,18,23-25H2,1-2H3/b12-8-. The van der Waals surface area contributed by atoms with Crippen LogP contribution < -0.4 is 9.47 Å². The van der Waals surface area contributed by atoms with E-state index in [1.54, 1.807) is 12.1 Å². The number of esters is 2. The lowest BCUT2D eigenvalue weighted by molar-refractivity contribution is -0.140. The predicted molar refractivity (Wildman–Crippen MR) is 157 cm³/mol. The molecule has 0 N–H and O–H groups in total. The van der Waals surface area contributed by atoms with Gasteiger partial charge < -0.3 is 18.9 Å². The Morgan fingerprint density at radius 1 is 0.750 bits per heavy atom. The summed E-state index contributed by atoms with van der Waals surface area (Å²) in [5.74, 6) is 1.53. The molecule has 6 heteroatoms. The first-order valence-electron chi connectivity index (χ1n) is 13.9. The Bertz CT molecular complexity index is 1190. The van der Waals surface area contributed by atoms with Gasteiger partial charge >= 0.3 is 11.9 Å². The smallest absolute Gasteiger partial charge is 0.337 e. The number of rotatable bonds is 17. The van der Waals surface area contributed by atoms with E-state index in [1.165, 1.54) is 19.8 Å². The van der Waals surface area contributed by atoms with Crippen molar-refractivity contribution in [1.82, 2.24) is 0 Å². The van der Waals surface area contributed by atoms with Gasteiger partial charge in [-0.2, -0.15) is 0 Å². The summed E-state index contributed by atoms with van der Waals surface area (Å²) in [6.45, 7) is 1.20. The van der Waals surface area contributed by atoms with Crippen LogP contribution in [0.5, 0.6) is 11.5 Å². The fourth-order valence-electron chi connectivity index (χ4n) is 4.36. The van der Waals surface area contributed by atoms with Crippen LogP contribution in [0.2, 0.25) is 0 Å². The second kappa shape index (κ2) is 17.5. The third-order valence-electron chi connectivity index (χ3n) is 6.54. The lowest BCUT2D eigenvalue weighted by Crippen LogP contribution is -2.05. The van der Waals surface area contributed by atoms with Crippen LogP contribution in [0.25, 0.3) is 0 Å². The molecule has 1 unspecified atom stereocenters. The molecular weight excluding hydrogens is 504 g/mol. The first-order valence-corrected chi connectivity index (χ1v) is 13.9. The van der Waals surface area contributed by atoms with E-state index in [0.29, 0.717) is 31.1 Å². The van der Waals surface area contributed by atoms with E-state index < -0.39 is 0 Å². The van der Waals surface area contributed by atoms with Gasteiger partial charge in [0.25, 0.3) is 0 Å². The van der Waals surface area contributed by atoms with Crippen LogP contribution >= 0.6 is 0 Å². The molecule has 212 valence electrons. The molecule has 0 fully saturated rings. The maximum absolute atomic E-state index is 11.8. The van der Waals surface area contributed by atoms with Gasteiger partial charge in [-0.3, -0.25) is 4.79 Å². The van der Waals surface area contributed by atoms with E-state index in [4.69, 9.17) is 18.9 Å². The number of allylic oxidation sites excluding steroid dienone is 2.